The molecule has 1 aromatic carbocycles. The Balaban J connectivity index is 1.77. The number of nitrogens with zero attached hydrogens (tertiary/aromatic N) is 1. The molecular formula is C16H26N2O2. The topological polar surface area (TPSA) is 33.7 Å². The zero-order valence-electron chi connectivity index (χ0n) is 12.7. The molecule has 112 valence electrons. The summed E-state index contributed by atoms with van der Waals surface area (Å²) in [5.41, 5.74) is 1.38. The smallest absolute Gasteiger partial charge is 0.171 e. The number of nitrogens with one attached hydrogen (secondary N) is 1. The Morgan fingerprint density at radius 3 is 2.60 bits per heavy atom. The highest BCUT2D eigenvalue weighted by atomic mass is 16.7. The zero-order chi connectivity index (χ0) is 14.4. The maximum absolute atomic E-state index is 5.30. The largest absolute Gasteiger partial charge is 0.354 e. The summed E-state index contributed by atoms with van der Waals surface area (Å²) in [6, 6.07) is 11.4. The minimum atomic E-state index is -0.182. The van der Waals surface area contributed by atoms with Gasteiger partial charge in [-0.3, -0.25) is 4.90 Å². The van der Waals surface area contributed by atoms with E-state index in [-0.39, 0.29) is 12.3 Å². The van der Waals surface area contributed by atoms with Crippen molar-refractivity contribution < 1.29 is 9.47 Å². The highest BCUT2D eigenvalue weighted by molar-refractivity contribution is 5.14. The van der Waals surface area contributed by atoms with Crippen LogP contribution in [0.1, 0.15) is 18.9 Å². The third kappa shape index (κ3) is 4.28. The van der Waals surface area contributed by atoms with Crippen molar-refractivity contribution in [2.45, 2.75) is 38.3 Å². The lowest BCUT2D eigenvalue weighted by Crippen LogP contribution is -2.46. The number of ether oxygens (including phenoxy) is 2. The van der Waals surface area contributed by atoms with E-state index >= 15 is 0 Å². The van der Waals surface area contributed by atoms with Crippen molar-refractivity contribution in [2.75, 3.05) is 27.3 Å². The van der Waals surface area contributed by atoms with Crippen molar-refractivity contribution in [3.05, 3.63) is 35.9 Å². The van der Waals surface area contributed by atoms with E-state index in [9.17, 15) is 0 Å². The van der Waals surface area contributed by atoms with Gasteiger partial charge in [-0.1, -0.05) is 30.3 Å². The Labute approximate surface area is 122 Å². The van der Waals surface area contributed by atoms with Gasteiger partial charge < -0.3 is 14.8 Å². The molecule has 1 aliphatic rings. The molecule has 1 aliphatic heterocycles. The van der Waals surface area contributed by atoms with Crippen LogP contribution in [0.15, 0.2) is 30.3 Å². The number of likely N-dealkylation sites (tertiary alicyclic amines) is 1. The molecule has 0 bridgehead atoms. The highest BCUT2D eigenvalue weighted by Crippen LogP contribution is 2.14. The predicted molar refractivity (Wildman–Crippen MR) is 80.5 cm³/mol. The molecule has 4 nitrogen and oxygen atoms in total. The van der Waals surface area contributed by atoms with Gasteiger partial charge in [-0.05, 0) is 18.9 Å². The summed E-state index contributed by atoms with van der Waals surface area (Å²) in [6.45, 7) is 5.37. The normalized spacial score (nSPS) is 21.5. The van der Waals surface area contributed by atoms with Crippen LogP contribution in [0.4, 0.5) is 0 Å². The van der Waals surface area contributed by atoms with Crippen molar-refractivity contribution >= 4 is 0 Å². The van der Waals surface area contributed by atoms with E-state index in [1.165, 1.54) is 12.0 Å². The molecule has 1 N–H and O–H groups in total. The molecule has 0 spiro atoms. The molecule has 2 rings (SSSR count). The minimum absolute atomic E-state index is 0.182. The Hall–Kier alpha value is -0.940. The average molecular weight is 278 g/mol. The molecule has 4 heteroatoms. The third-order valence-electron chi connectivity index (χ3n) is 3.89. The zero-order valence-corrected chi connectivity index (χ0v) is 12.7. The van der Waals surface area contributed by atoms with Gasteiger partial charge in [0.15, 0.2) is 6.29 Å². The molecule has 1 saturated heterocycles. The summed E-state index contributed by atoms with van der Waals surface area (Å²) in [6.07, 6.45) is 0.996. The molecule has 0 aliphatic carbocycles. The predicted octanol–water partition coefficient (Wildman–Crippen LogP) is 1.86. The Bertz CT molecular complexity index is 381. The van der Waals surface area contributed by atoms with Crippen LogP contribution in [-0.4, -0.2) is 50.6 Å². The standard InChI is InChI=1S/C16H26N2O2/c1-13(16(19-2)20-3)17-15-9-10-18(12-15)11-14-7-5-4-6-8-14/h4-8,13,15-17H,9-12H2,1-3H3. The van der Waals surface area contributed by atoms with Crippen LogP contribution in [0.3, 0.4) is 0 Å². The minimum Gasteiger partial charge on any atom is -0.354 e. The van der Waals surface area contributed by atoms with Gasteiger partial charge in [-0.15, -0.1) is 0 Å². The Morgan fingerprint density at radius 1 is 1.25 bits per heavy atom. The summed E-state index contributed by atoms with van der Waals surface area (Å²) in [4.78, 5) is 2.49. The summed E-state index contributed by atoms with van der Waals surface area (Å²) in [5.74, 6) is 0. The van der Waals surface area contributed by atoms with Crippen LogP contribution in [0.2, 0.25) is 0 Å². The summed E-state index contributed by atoms with van der Waals surface area (Å²) in [7, 11) is 3.37. The van der Waals surface area contributed by atoms with E-state index in [0.29, 0.717) is 6.04 Å². The second-order valence-electron chi connectivity index (χ2n) is 5.50. The van der Waals surface area contributed by atoms with E-state index < -0.39 is 0 Å². The maximum Gasteiger partial charge on any atom is 0.171 e. The fraction of sp³-hybridized carbons (Fsp3) is 0.625. The van der Waals surface area contributed by atoms with Gasteiger partial charge in [0.25, 0.3) is 0 Å². The van der Waals surface area contributed by atoms with Crippen LogP contribution in [0, 0.1) is 0 Å². The number of hydrogen-bond donors (Lipinski definition) is 1. The van der Waals surface area contributed by atoms with E-state index in [1.807, 2.05) is 0 Å². The number of methoxy groups -OCH3 is 2. The Morgan fingerprint density at radius 2 is 1.95 bits per heavy atom. The maximum atomic E-state index is 5.30. The molecular weight excluding hydrogens is 252 g/mol. The van der Waals surface area contributed by atoms with Crippen LogP contribution in [0.25, 0.3) is 0 Å². The molecule has 0 radical (unpaired) electrons. The van der Waals surface area contributed by atoms with Gasteiger partial charge in [0.2, 0.25) is 0 Å². The first-order valence-electron chi connectivity index (χ1n) is 7.31. The molecule has 2 unspecified atom stereocenters. The lowest BCUT2D eigenvalue weighted by Gasteiger charge is -2.25. The van der Waals surface area contributed by atoms with Crippen LogP contribution >= 0.6 is 0 Å². The van der Waals surface area contributed by atoms with Gasteiger partial charge in [-0.25, -0.2) is 0 Å². The average Bonchev–Trinajstić information content (AvgIpc) is 2.88. The molecule has 0 aromatic heterocycles. The summed E-state index contributed by atoms with van der Waals surface area (Å²) in [5, 5.41) is 3.60. The Kier molecular flexibility index (Phi) is 5.98. The lowest BCUT2D eigenvalue weighted by atomic mass is 10.2. The van der Waals surface area contributed by atoms with Crippen LogP contribution in [0.5, 0.6) is 0 Å². The molecule has 20 heavy (non-hydrogen) atoms. The van der Waals surface area contributed by atoms with Gasteiger partial charge in [0.1, 0.15) is 0 Å². The van der Waals surface area contributed by atoms with E-state index in [0.717, 1.165) is 19.6 Å². The van der Waals surface area contributed by atoms with Crippen LogP contribution in [-0.2, 0) is 16.0 Å². The highest BCUT2D eigenvalue weighted by Gasteiger charge is 2.26. The van der Waals surface area contributed by atoms with Crippen molar-refractivity contribution in [3.63, 3.8) is 0 Å². The molecule has 0 amide bonds. The van der Waals surface area contributed by atoms with Gasteiger partial charge in [-0.2, -0.15) is 0 Å². The molecule has 0 saturated carbocycles. The fourth-order valence-corrected chi connectivity index (χ4v) is 2.91. The first-order valence-corrected chi connectivity index (χ1v) is 7.31. The molecule has 1 aromatic rings. The summed E-state index contributed by atoms with van der Waals surface area (Å²) >= 11 is 0. The second-order valence-corrected chi connectivity index (χ2v) is 5.50. The van der Waals surface area contributed by atoms with Gasteiger partial charge >= 0.3 is 0 Å². The SMILES string of the molecule is COC(OC)C(C)NC1CCN(Cc2ccccc2)C1. The van der Waals surface area contributed by atoms with Crippen molar-refractivity contribution in [1.82, 2.24) is 10.2 Å². The quantitative estimate of drug-likeness (QED) is 0.772. The van der Waals surface area contributed by atoms with Gasteiger partial charge in [0.05, 0.1) is 6.04 Å². The first-order chi connectivity index (χ1) is 9.72. The summed E-state index contributed by atoms with van der Waals surface area (Å²) < 4.78 is 10.6. The van der Waals surface area contributed by atoms with Crippen molar-refractivity contribution in [3.8, 4) is 0 Å². The molecule has 2 atom stereocenters. The number of hydrogen-bond acceptors (Lipinski definition) is 4. The molecule has 1 fully saturated rings. The van der Waals surface area contributed by atoms with Gasteiger partial charge in [0, 0.05) is 39.9 Å². The monoisotopic (exact) mass is 278 g/mol. The van der Waals surface area contributed by atoms with Crippen LogP contribution < -0.4 is 5.32 Å². The second kappa shape index (κ2) is 7.74. The fourth-order valence-electron chi connectivity index (χ4n) is 2.91. The lowest BCUT2D eigenvalue weighted by molar-refractivity contribution is -0.120. The van der Waals surface area contributed by atoms with Crippen molar-refractivity contribution in [1.29, 1.82) is 0 Å². The third-order valence-corrected chi connectivity index (χ3v) is 3.89. The number of benzene rings is 1. The van der Waals surface area contributed by atoms with E-state index in [2.05, 4.69) is 47.5 Å². The molecule has 1 heterocycles. The van der Waals surface area contributed by atoms with E-state index in [1.54, 1.807) is 14.2 Å². The number of rotatable bonds is 7. The van der Waals surface area contributed by atoms with Crippen molar-refractivity contribution in [2.24, 2.45) is 0 Å². The first kappa shape index (κ1) is 15.4. The van der Waals surface area contributed by atoms with E-state index in [4.69, 9.17) is 9.47 Å².